The highest BCUT2D eigenvalue weighted by atomic mass is 32.2. The highest BCUT2D eigenvalue weighted by Crippen LogP contribution is 2.63. The third-order valence-corrected chi connectivity index (χ3v) is 12.4. The van der Waals surface area contributed by atoms with Crippen LogP contribution in [-0.4, -0.2) is 0 Å². The van der Waals surface area contributed by atoms with Gasteiger partial charge in [-0.1, -0.05) is 151 Å². The molecule has 0 fully saturated rings. The van der Waals surface area contributed by atoms with Crippen molar-refractivity contribution in [3.8, 4) is 33.4 Å². The van der Waals surface area contributed by atoms with E-state index >= 15 is 0 Å². The Bertz CT molecular complexity index is 2860. The molecule has 1 spiro atoms. The van der Waals surface area contributed by atoms with Crippen LogP contribution in [0.25, 0.3) is 65.7 Å². The molecular formula is C49H31NS. The number of benzene rings is 9. The lowest BCUT2D eigenvalue weighted by atomic mass is 9.67. The molecule has 9 aromatic carbocycles. The summed E-state index contributed by atoms with van der Waals surface area (Å²) in [5, 5.41) is 7.55. The average molecular weight is 666 g/mol. The van der Waals surface area contributed by atoms with Crippen molar-refractivity contribution in [1.82, 2.24) is 0 Å². The van der Waals surface area contributed by atoms with Crippen molar-refractivity contribution in [3.63, 3.8) is 0 Å². The van der Waals surface area contributed by atoms with Crippen molar-refractivity contribution < 1.29 is 0 Å². The van der Waals surface area contributed by atoms with E-state index in [0.29, 0.717) is 0 Å². The van der Waals surface area contributed by atoms with Crippen LogP contribution in [-0.2, 0) is 5.41 Å². The van der Waals surface area contributed by atoms with Crippen molar-refractivity contribution in [3.05, 3.63) is 198 Å². The maximum atomic E-state index is 6.63. The molecular weight excluding hydrogens is 635 g/mol. The minimum atomic E-state index is -0.495. The maximum absolute atomic E-state index is 6.63. The molecule has 1 atom stereocenters. The largest absolute Gasteiger partial charge is 0.399 e. The molecule has 0 bridgehead atoms. The Morgan fingerprint density at radius 1 is 0.373 bits per heavy atom. The SMILES string of the molecule is Nc1ccc2c(c1)C1(c3ccccc3Sc3ccc(-c4c5ccccc5c(-c5ccc6ccccc6c5)c5ccccc45)cc31)c1ccccc1-2. The smallest absolute Gasteiger partial charge is 0.0736 e. The van der Waals surface area contributed by atoms with Crippen LogP contribution in [0.2, 0.25) is 0 Å². The first kappa shape index (κ1) is 28.7. The molecule has 51 heavy (non-hydrogen) atoms. The van der Waals surface area contributed by atoms with Gasteiger partial charge < -0.3 is 5.73 Å². The van der Waals surface area contributed by atoms with E-state index in [4.69, 9.17) is 5.73 Å². The Hall–Kier alpha value is -6.09. The first-order valence-electron chi connectivity index (χ1n) is 17.5. The van der Waals surface area contributed by atoms with Gasteiger partial charge in [0.05, 0.1) is 5.41 Å². The number of rotatable bonds is 2. The molecule has 0 saturated heterocycles. The third-order valence-electron chi connectivity index (χ3n) is 11.2. The Morgan fingerprint density at radius 3 is 1.67 bits per heavy atom. The van der Waals surface area contributed by atoms with Gasteiger partial charge in [-0.25, -0.2) is 0 Å². The van der Waals surface area contributed by atoms with Gasteiger partial charge in [-0.2, -0.15) is 0 Å². The minimum Gasteiger partial charge on any atom is -0.399 e. The summed E-state index contributed by atoms with van der Waals surface area (Å²) < 4.78 is 0. The van der Waals surface area contributed by atoms with E-state index in [9.17, 15) is 0 Å². The van der Waals surface area contributed by atoms with Crippen LogP contribution in [0.4, 0.5) is 5.69 Å². The third kappa shape index (κ3) is 3.94. The second-order valence-electron chi connectivity index (χ2n) is 13.8. The summed E-state index contributed by atoms with van der Waals surface area (Å²) in [7, 11) is 0. The van der Waals surface area contributed by atoms with Crippen LogP contribution in [0.1, 0.15) is 22.3 Å². The molecule has 1 aliphatic heterocycles. The molecule has 0 radical (unpaired) electrons. The van der Waals surface area contributed by atoms with Gasteiger partial charge in [-0.05, 0) is 124 Å². The number of nitrogen functional groups attached to an aromatic ring is 1. The fraction of sp³-hybridized carbons (Fsp3) is 0.0204. The van der Waals surface area contributed by atoms with E-state index in [2.05, 4.69) is 170 Å². The molecule has 1 aliphatic carbocycles. The molecule has 1 heterocycles. The lowest BCUT2D eigenvalue weighted by molar-refractivity contribution is 0.723. The predicted octanol–water partition coefficient (Wildman–Crippen LogP) is 12.9. The van der Waals surface area contributed by atoms with E-state index < -0.39 is 5.41 Å². The second-order valence-corrected chi connectivity index (χ2v) is 14.9. The van der Waals surface area contributed by atoms with E-state index in [-0.39, 0.29) is 0 Å². The lowest BCUT2D eigenvalue weighted by Crippen LogP contribution is -2.32. The minimum absolute atomic E-state index is 0.495. The highest BCUT2D eigenvalue weighted by molar-refractivity contribution is 7.99. The van der Waals surface area contributed by atoms with Gasteiger partial charge in [0.1, 0.15) is 0 Å². The summed E-state index contributed by atoms with van der Waals surface area (Å²) in [6.45, 7) is 0. The molecule has 0 saturated carbocycles. The number of anilines is 1. The summed E-state index contributed by atoms with van der Waals surface area (Å²) >= 11 is 1.88. The maximum Gasteiger partial charge on any atom is 0.0736 e. The molecule has 2 heteroatoms. The Labute approximate surface area is 301 Å². The van der Waals surface area contributed by atoms with Gasteiger partial charge in [0.15, 0.2) is 0 Å². The van der Waals surface area contributed by atoms with Gasteiger partial charge in [0, 0.05) is 15.5 Å². The summed E-state index contributed by atoms with van der Waals surface area (Å²) in [6, 6.07) is 65.1. The number of hydrogen-bond donors (Lipinski definition) is 1. The first-order valence-corrected chi connectivity index (χ1v) is 18.4. The summed E-state index contributed by atoms with van der Waals surface area (Å²) in [4.78, 5) is 2.57. The molecule has 238 valence electrons. The zero-order valence-corrected chi connectivity index (χ0v) is 28.5. The Morgan fingerprint density at radius 2 is 0.922 bits per heavy atom. The quantitative estimate of drug-likeness (QED) is 0.147. The topological polar surface area (TPSA) is 26.0 Å². The van der Waals surface area contributed by atoms with Crippen molar-refractivity contribution in [2.45, 2.75) is 15.2 Å². The second kappa shape index (κ2) is 10.7. The van der Waals surface area contributed by atoms with Gasteiger partial charge in [-0.3, -0.25) is 0 Å². The summed E-state index contributed by atoms with van der Waals surface area (Å²) in [5.74, 6) is 0. The summed E-state index contributed by atoms with van der Waals surface area (Å²) in [5.41, 5.74) is 19.7. The summed E-state index contributed by atoms with van der Waals surface area (Å²) in [6.07, 6.45) is 0. The van der Waals surface area contributed by atoms with Crippen molar-refractivity contribution >= 4 is 49.8 Å². The Balaban J connectivity index is 1.24. The van der Waals surface area contributed by atoms with E-state index in [1.807, 2.05) is 17.8 Å². The Kier molecular flexibility index (Phi) is 6.03. The van der Waals surface area contributed by atoms with Crippen molar-refractivity contribution in [2.75, 3.05) is 5.73 Å². The van der Waals surface area contributed by atoms with Crippen LogP contribution < -0.4 is 5.73 Å². The zero-order valence-electron chi connectivity index (χ0n) is 27.7. The van der Waals surface area contributed by atoms with E-state index in [0.717, 1.165) is 5.69 Å². The van der Waals surface area contributed by atoms with Crippen LogP contribution in [0, 0.1) is 0 Å². The van der Waals surface area contributed by atoms with Gasteiger partial charge in [0.25, 0.3) is 0 Å². The van der Waals surface area contributed by atoms with Gasteiger partial charge in [0.2, 0.25) is 0 Å². The standard InChI is InChI=1S/C49H31NS/c50-34-24-25-36-35-13-7-8-18-41(35)49(43(36)29-34)42-19-9-10-20-45(42)51-46-26-23-33(28-44(46)49)48-39-16-5-3-14-37(39)47(38-15-4-6-17-40(38)48)32-22-21-30-11-1-2-12-31(30)27-32/h1-29H,50H2. The highest BCUT2D eigenvalue weighted by Gasteiger charge is 2.50. The average Bonchev–Trinajstić information content (AvgIpc) is 3.46. The predicted molar refractivity (Wildman–Crippen MR) is 216 cm³/mol. The fourth-order valence-corrected chi connectivity index (χ4v) is 10.3. The molecule has 0 aromatic heterocycles. The molecule has 9 aromatic rings. The van der Waals surface area contributed by atoms with E-state index in [1.54, 1.807) is 0 Å². The normalized spacial score (nSPS) is 15.5. The number of nitrogens with two attached hydrogens (primary N) is 1. The van der Waals surface area contributed by atoms with Crippen molar-refractivity contribution in [1.29, 1.82) is 0 Å². The monoisotopic (exact) mass is 665 g/mol. The van der Waals surface area contributed by atoms with Crippen LogP contribution in [0.15, 0.2) is 186 Å². The van der Waals surface area contributed by atoms with Gasteiger partial charge >= 0.3 is 0 Å². The molecule has 0 amide bonds. The molecule has 1 unspecified atom stereocenters. The van der Waals surface area contributed by atoms with Crippen molar-refractivity contribution in [2.24, 2.45) is 0 Å². The van der Waals surface area contributed by atoms with E-state index in [1.165, 1.54) is 97.7 Å². The molecule has 11 rings (SSSR count). The van der Waals surface area contributed by atoms with Gasteiger partial charge in [-0.15, -0.1) is 0 Å². The molecule has 2 N–H and O–H groups in total. The lowest BCUT2D eigenvalue weighted by Gasteiger charge is -2.40. The number of hydrogen-bond acceptors (Lipinski definition) is 2. The van der Waals surface area contributed by atoms with Crippen LogP contribution in [0.5, 0.6) is 0 Å². The molecule has 1 nitrogen and oxygen atoms in total. The zero-order chi connectivity index (χ0) is 33.7. The first-order chi connectivity index (χ1) is 25.2. The van der Waals surface area contributed by atoms with Crippen LogP contribution in [0.3, 0.4) is 0 Å². The van der Waals surface area contributed by atoms with Crippen LogP contribution >= 0.6 is 11.8 Å². The number of fused-ring (bicyclic) bond motifs is 12. The fourth-order valence-electron chi connectivity index (χ4n) is 9.17. The molecule has 2 aliphatic rings.